The van der Waals surface area contributed by atoms with Gasteiger partial charge in [0.2, 0.25) is 0 Å². The van der Waals surface area contributed by atoms with E-state index in [1.807, 2.05) is 0 Å². The lowest BCUT2D eigenvalue weighted by Gasteiger charge is -2.36. The smallest absolute Gasteiger partial charge is 0.289 e. The van der Waals surface area contributed by atoms with Gasteiger partial charge in [-0.05, 0) is 12.8 Å². The summed E-state index contributed by atoms with van der Waals surface area (Å²) < 4.78 is 5.25. The van der Waals surface area contributed by atoms with Crippen molar-refractivity contribution in [2.24, 2.45) is 0 Å². The van der Waals surface area contributed by atoms with Gasteiger partial charge >= 0.3 is 0 Å². The predicted molar refractivity (Wildman–Crippen MR) is 69.4 cm³/mol. The number of ether oxygens (including phenoxy) is 1. The highest BCUT2D eigenvalue weighted by molar-refractivity contribution is 6.33. The fraction of sp³-hybridized carbons (Fsp3) is 0.545. The molecular weight excluding hydrogens is 274 g/mol. The molecule has 1 aliphatic rings. The van der Waals surface area contributed by atoms with Gasteiger partial charge in [-0.1, -0.05) is 11.6 Å². The monoisotopic (exact) mass is 287 g/mol. The van der Waals surface area contributed by atoms with Crippen LogP contribution < -0.4 is 5.32 Å². The van der Waals surface area contributed by atoms with Crippen LogP contribution in [0.25, 0.3) is 0 Å². The minimum Gasteiger partial charge on any atom is -0.394 e. The van der Waals surface area contributed by atoms with E-state index in [0.29, 0.717) is 31.9 Å². The Kier molecular flexibility index (Phi) is 4.18. The molecular formula is C11H14ClN3O4. The second-order valence-electron chi connectivity index (χ2n) is 4.46. The molecule has 2 heterocycles. The van der Waals surface area contributed by atoms with E-state index >= 15 is 0 Å². The number of rotatable bonds is 4. The van der Waals surface area contributed by atoms with Gasteiger partial charge in [-0.2, -0.15) is 0 Å². The number of hydrogen-bond donors (Lipinski definition) is 2. The highest BCUT2D eigenvalue weighted by atomic mass is 35.5. The van der Waals surface area contributed by atoms with Crippen LogP contribution in [0.1, 0.15) is 12.8 Å². The first-order valence-electron chi connectivity index (χ1n) is 5.83. The molecule has 19 heavy (non-hydrogen) atoms. The molecule has 2 N–H and O–H groups in total. The number of hydrogen-bond acceptors (Lipinski definition) is 6. The van der Waals surface area contributed by atoms with Gasteiger partial charge in [0, 0.05) is 19.3 Å². The number of aliphatic hydroxyl groups is 1. The van der Waals surface area contributed by atoms with Crippen molar-refractivity contribution in [2.75, 3.05) is 25.1 Å². The Morgan fingerprint density at radius 3 is 2.79 bits per heavy atom. The number of anilines is 1. The Morgan fingerprint density at radius 1 is 1.58 bits per heavy atom. The molecule has 0 unspecified atom stereocenters. The van der Waals surface area contributed by atoms with Crippen molar-refractivity contribution >= 4 is 23.1 Å². The average molecular weight is 288 g/mol. The molecule has 0 aromatic carbocycles. The van der Waals surface area contributed by atoms with Crippen molar-refractivity contribution in [3.63, 3.8) is 0 Å². The molecule has 7 nitrogen and oxygen atoms in total. The molecule has 0 bridgehead atoms. The molecule has 0 aliphatic carbocycles. The summed E-state index contributed by atoms with van der Waals surface area (Å²) in [5, 5.41) is 23.4. The van der Waals surface area contributed by atoms with Gasteiger partial charge in [0.05, 0.1) is 22.1 Å². The molecule has 1 aliphatic heterocycles. The van der Waals surface area contributed by atoms with Gasteiger partial charge in [-0.15, -0.1) is 0 Å². The molecule has 1 fully saturated rings. The zero-order valence-corrected chi connectivity index (χ0v) is 10.9. The van der Waals surface area contributed by atoms with E-state index in [-0.39, 0.29) is 17.3 Å². The highest BCUT2D eigenvalue weighted by Crippen LogP contribution is 2.30. The molecule has 1 aromatic rings. The second kappa shape index (κ2) is 5.68. The van der Waals surface area contributed by atoms with Gasteiger partial charge in [-0.25, -0.2) is 4.98 Å². The van der Waals surface area contributed by atoms with Gasteiger partial charge in [0.25, 0.3) is 5.69 Å². The summed E-state index contributed by atoms with van der Waals surface area (Å²) in [5.74, 6) is 0.336. The third-order valence-corrected chi connectivity index (χ3v) is 3.46. The SMILES string of the molecule is O=[N+]([O-])c1cnc(NC2(CO)CCOCC2)c(Cl)c1. The number of nitro groups is 1. The average Bonchev–Trinajstić information content (AvgIpc) is 2.42. The Morgan fingerprint density at radius 2 is 2.26 bits per heavy atom. The van der Waals surface area contributed by atoms with E-state index in [1.54, 1.807) is 0 Å². The van der Waals surface area contributed by atoms with Crippen LogP contribution in [0.5, 0.6) is 0 Å². The number of nitrogens with zero attached hydrogens (tertiary/aromatic N) is 2. The summed E-state index contributed by atoms with van der Waals surface area (Å²) in [6.07, 6.45) is 2.38. The van der Waals surface area contributed by atoms with Crippen molar-refractivity contribution in [3.8, 4) is 0 Å². The summed E-state index contributed by atoms with van der Waals surface area (Å²) in [5.41, 5.74) is -0.703. The van der Waals surface area contributed by atoms with Crippen molar-refractivity contribution in [2.45, 2.75) is 18.4 Å². The van der Waals surface area contributed by atoms with Crippen molar-refractivity contribution in [1.29, 1.82) is 0 Å². The van der Waals surface area contributed by atoms with Crippen LogP contribution in [0.3, 0.4) is 0 Å². The predicted octanol–water partition coefficient (Wildman–Crippen LogP) is 1.60. The Hall–Kier alpha value is -1.44. The van der Waals surface area contributed by atoms with Crippen molar-refractivity contribution < 1.29 is 14.8 Å². The molecule has 2 rings (SSSR count). The van der Waals surface area contributed by atoms with Gasteiger partial charge in [0.15, 0.2) is 0 Å². The highest BCUT2D eigenvalue weighted by Gasteiger charge is 2.33. The van der Waals surface area contributed by atoms with E-state index in [0.717, 1.165) is 6.20 Å². The summed E-state index contributed by atoms with van der Waals surface area (Å²) in [7, 11) is 0. The maximum atomic E-state index is 10.6. The largest absolute Gasteiger partial charge is 0.394 e. The van der Waals surface area contributed by atoms with Crippen LogP contribution in [0.15, 0.2) is 12.3 Å². The van der Waals surface area contributed by atoms with Crippen LogP contribution in [0.2, 0.25) is 5.02 Å². The molecule has 1 saturated heterocycles. The number of pyridine rings is 1. The number of nitrogens with one attached hydrogen (secondary N) is 1. The Labute approximate surface area is 114 Å². The van der Waals surface area contributed by atoms with Gasteiger partial charge in [0.1, 0.15) is 12.0 Å². The summed E-state index contributed by atoms with van der Waals surface area (Å²) in [6, 6.07) is 1.24. The number of aromatic nitrogens is 1. The van der Waals surface area contributed by atoms with Gasteiger partial charge < -0.3 is 15.2 Å². The molecule has 0 spiro atoms. The number of halogens is 1. The van der Waals surface area contributed by atoms with E-state index in [9.17, 15) is 15.2 Å². The molecule has 0 radical (unpaired) electrons. The van der Waals surface area contributed by atoms with Crippen LogP contribution in [0, 0.1) is 10.1 Å². The summed E-state index contributed by atoms with van der Waals surface area (Å²) in [6.45, 7) is 1.00. The summed E-state index contributed by atoms with van der Waals surface area (Å²) >= 11 is 5.97. The minimum atomic E-state index is -0.557. The van der Waals surface area contributed by atoms with E-state index in [1.165, 1.54) is 6.07 Å². The molecule has 104 valence electrons. The van der Waals surface area contributed by atoms with Crippen LogP contribution in [0.4, 0.5) is 11.5 Å². The first kappa shape index (κ1) is 14.0. The lowest BCUT2D eigenvalue weighted by molar-refractivity contribution is -0.385. The summed E-state index contributed by atoms with van der Waals surface area (Å²) in [4.78, 5) is 14.0. The first-order chi connectivity index (χ1) is 9.06. The van der Waals surface area contributed by atoms with Crippen LogP contribution in [-0.2, 0) is 4.74 Å². The molecule has 0 atom stereocenters. The third kappa shape index (κ3) is 3.12. The topological polar surface area (TPSA) is 97.5 Å². The standard InChI is InChI=1S/C11H14ClN3O4/c12-9-5-8(15(17)18)6-13-10(9)14-11(7-16)1-3-19-4-2-11/h5-6,16H,1-4,7H2,(H,13,14). The molecule has 8 heteroatoms. The normalized spacial score (nSPS) is 18.0. The van der Waals surface area contributed by atoms with Crippen molar-refractivity contribution in [3.05, 3.63) is 27.4 Å². The lowest BCUT2D eigenvalue weighted by atomic mass is 9.91. The van der Waals surface area contributed by atoms with Gasteiger partial charge in [-0.3, -0.25) is 10.1 Å². The first-order valence-corrected chi connectivity index (χ1v) is 6.21. The molecule has 0 amide bonds. The minimum absolute atomic E-state index is 0.0780. The third-order valence-electron chi connectivity index (χ3n) is 3.17. The van der Waals surface area contributed by atoms with E-state index in [2.05, 4.69) is 10.3 Å². The quantitative estimate of drug-likeness (QED) is 0.645. The second-order valence-corrected chi connectivity index (χ2v) is 4.86. The van der Waals surface area contributed by atoms with E-state index in [4.69, 9.17) is 16.3 Å². The molecule has 0 saturated carbocycles. The Bertz CT molecular complexity index is 477. The maximum absolute atomic E-state index is 10.6. The van der Waals surface area contributed by atoms with E-state index < -0.39 is 10.5 Å². The van der Waals surface area contributed by atoms with Crippen molar-refractivity contribution in [1.82, 2.24) is 4.98 Å². The number of aliphatic hydroxyl groups excluding tert-OH is 1. The fourth-order valence-corrected chi connectivity index (χ4v) is 2.16. The molecule has 1 aromatic heterocycles. The van der Waals surface area contributed by atoms with Crippen LogP contribution >= 0.6 is 11.6 Å². The Balaban J connectivity index is 2.20. The van der Waals surface area contributed by atoms with Crippen LogP contribution in [-0.4, -0.2) is 40.4 Å². The fourth-order valence-electron chi connectivity index (χ4n) is 1.96. The maximum Gasteiger partial charge on any atom is 0.289 e. The zero-order valence-electron chi connectivity index (χ0n) is 10.1. The lowest BCUT2D eigenvalue weighted by Crippen LogP contribution is -2.47. The zero-order chi connectivity index (χ0) is 13.9.